The van der Waals surface area contributed by atoms with Crippen molar-refractivity contribution in [3.63, 3.8) is 0 Å². The number of aromatic nitrogens is 2. The van der Waals surface area contributed by atoms with Crippen molar-refractivity contribution >= 4 is 11.6 Å². The number of anilines is 1. The first-order chi connectivity index (χ1) is 8.10. The highest BCUT2D eigenvalue weighted by molar-refractivity contribution is 5.93. The normalized spacial score (nSPS) is 16.4. The molecule has 0 aliphatic heterocycles. The number of aliphatic imine (C=N–C) groups is 1. The van der Waals surface area contributed by atoms with Crippen molar-refractivity contribution in [2.75, 3.05) is 5.32 Å². The van der Waals surface area contributed by atoms with Gasteiger partial charge in [-0.25, -0.2) is 10.8 Å². The summed E-state index contributed by atoms with van der Waals surface area (Å²) in [6.07, 6.45) is 4.24. The van der Waals surface area contributed by atoms with Gasteiger partial charge in [-0.2, -0.15) is 5.10 Å². The zero-order valence-corrected chi connectivity index (χ0v) is 10.6. The van der Waals surface area contributed by atoms with Gasteiger partial charge in [0.15, 0.2) is 0 Å². The van der Waals surface area contributed by atoms with Crippen LogP contribution < -0.4 is 16.6 Å². The van der Waals surface area contributed by atoms with Gasteiger partial charge in [0.2, 0.25) is 5.96 Å². The van der Waals surface area contributed by atoms with Gasteiger partial charge in [-0.1, -0.05) is 13.8 Å². The van der Waals surface area contributed by atoms with Crippen molar-refractivity contribution < 1.29 is 0 Å². The number of hydrogen-bond acceptors (Lipinski definition) is 3. The van der Waals surface area contributed by atoms with Crippen molar-refractivity contribution in [1.82, 2.24) is 15.2 Å². The number of hydrogen-bond donors (Lipinski definition) is 3. The Kier molecular flexibility index (Phi) is 3.33. The number of nitrogens with two attached hydrogens (primary N) is 1. The Hall–Kier alpha value is -1.56. The van der Waals surface area contributed by atoms with Crippen LogP contribution in [0.25, 0.3) is 0 Å². The summed E-state index contributed by atoms with van der Waals surface area (Å²) >= 11 is 0. The Morgan fingerprint density at radius 3 is 2.82 bits per heavy atom. The van der Waals surface area contributed by atoms with Crippen LogP contribution >= 0.6 is 0 Å². The lowest BCUT2D eigenvalue weighted by Gasteiger charge is -2.10. The second-order valence-corrected chi connectivity index (χ2v) is 4.73. The Labute approximate surface area is 101 Å². The Morgan fingerprint density at radius 1 is 1.59 bits per heavy atom. The molecule has 1 aromatic rings. The maximum absolute atomic E-state index is 5.46. The first kappa shape index (κ1) is 11.9. The maximum Gasteiger partial charge on any atom is 0.210 e. The maximum atomic E-state index is 5.46. The van der Waals surface area contributed by atoms with E-state index in [0.29, 0.717) is 17.9 Å². The lowest BCUT2D eigenvalue weighted by atomic mass is 10.1. The minimum absolute atomic E-state index is 0.360. The number of hydrazine groups is 1. The highest BCUT2D eigenvalue weighted by atomic mass is 15.4. The van der Waals surface area contributed by atoms with E-state index < -0.39 is 0 Å². The number of nitrogens with one attached hydrogen (secondary N) is 2. The summed E-state index contributed by atoms with van der Waals surface area (Å²) in [7, 11) is 1.91. The van der Waals surface area contributed by atoms with Crippen LogP contribution in [-0.2, 0) is 7.05 Å². The van der Waals surface area contributed by atoms with Gasteiger partial charge in [0.05, 0.1) is 17.4 Å². The van der Waals surface area contributed by atoms with Crippen molar-refractivity contribution in [2.24, 2.45) is 17.9 Å². The summed E-state index contributed by atoms with van der Waals surface area (Å²) in [5.74, 6) is 6.43. The third kappa shape index (κ3) is 2.97. The molecule has 0 amide bonds. The highest BCUT2D eigenvalue weighted by Crippen LogP contribution is 2.25. The zero-order chi connectivity index (χ0) is 12.4. The van der Waals surface area contributed by atoms with Gasteiger partial charge in [-0.15, -0.1) is 0 Å². The van der Waals surface area contributed by atoms with Crippen LogP contribution in [0.3, 0.4) is 0 Å². The van der Waals surface area contributed by atoms with Crippen molar-refractivity contribution in [3.05, 3.63) is 11.9 Å². The standard InChI is InChI=1S/C11H20N6/c1-7(2)10-9(6-17(3)16-10)14-11(15-12)13-8-4-5-8/h6-8H,4-5,12H2,1-3H3,(H2,13,14,15). The SMILES string of the molecule is CC(C)c1nn(C)cc1NC(=NC1CC1)NN. The topological polar surface area (TPSA) is 80.3 Å². The van der Waals surface area contributed by atoms with Crippen molar-refractivity contribution in [2.45, 2.75) is 38.6 Å². The zero-order valence-electron chi connectivity index (χ0n) is 10.6. The highest BCUT2D eigenvalue weighted by Gasteiger charge is 2.21. The third-order valence-electron chi connectivity index (χ3n) is 2.65. The molecule has 1 saturated carbocycles. The number of nitrogens with zero attached hydrogens (tertiary/aromatic N) is 3. The Balaban J connectivity index is 2.15. The average molecular weight is 236 g/mol. The second-order valence-electron chi connectivity index (χ2n) is 4.73. The van der Waals surface area contributed by atoms with Gasteiger partial charge < -0.3 is 5.32 Å². The summed E-state index contributed by atoms with van der Waals surface area (Å²) < 4.78 is 1.79. The summed E-state index contributed by atoms with van der Waals surface area (Å²) in [5, 5.41) is 7.62. The van der Waals surface area contributed by atoms with E-state index >= 15 is 0 Å². The number of rotatable bonds is 3. The molecule has 0 aromatic carbocycles. The van der Waals surface area contributed by atoms with Gasteiger partial charge >= 0.3 is 0 Å². The molecule has 1 aromatic heterocycles. The lowest BCUT2D eigenvalue weighted by Crippen LogP contribution is -2.36. The predicted octanol–water partition coefficient (Wildman–Crippen LogP) is 0.937. The third-order valence-corrected chi connectivity index (χ3v) is 2.65. The summed E-state index contributed by atoms with van der Waals surface area (Å²) in [4.78, 5) is 4.44. The molecule has 0 unspecified atom stereocenters. The second kappa shape index (κ2) is 4.75. The van der Waals surface area contributed by atoms with E-state index in [1.54, 1.807) is 4.68 Å². The van der Waals surface area contributed by atoms with Crippen LogP contribution in [0.15, 0.2) is 11.2 Å². The smallest absolute Gasteiger partial charge is 0.210 e. The van der Waals surface area contributed by atoms with Crippen LogP contribution in [0, 0.1) is 0 Å². The van der Waals surface area contributed by atoms with E-state index in [1.807, 2.05) is 13.2 Å². The molecule has 1 aliphatic carbocycles. The van der Waals surface area contributed by atoms with E-state index in [2.05, 4.69) is 34.7 Å². The molecule has 0 saturated heterocycles. The Bertz CT molecular complexity index is 416. The molecule has 0 spiro atoms. The molecule has 94 valence electrons. The van der Waals surface area contributed by atoms with Crippen molar-refractivity contribution in [3.8, 4) is 0 Å². The van der Waals surface area contributed by atoms with E-state index in [4.69, 9.17) is 5.84 Å². The summed E-state index contributed by atoms with van der Waals surface area (Å²) in [6.45, 7) is 4.22. The molecular weight excluding hydrogens is 216 g/mol. The minimum atomic E-state index is 0.360. The molecule has 6 heteroatoms. The van der Waals surface area contributed by atoms with Gasteiger partial charge in [-0.3, -0.25) is 10.1 Å². The van der Waals surface area contributed by atoms with Gasteiger partial charge in [0.25, 0.3) is 0 Å². The molecule has 0 bridgehead atoms. The molecule has 0 radical (unpaired) electrons. The van der Waals surface area contributed by atoms with Crippen LogP contribution in [0.4, 0.5) is 5.69 Å². The first-order valence-electron chi connectivity index (χ1n) is 5.95. The molecule has 1 fully saturated rings. The minimum Gasteiger partial charge on any atom is -0.322 e. The Morgan fingerprint density at radius 2 is 2.29 bits per heavy atom. The molecule has 2 rings (SSSR count). The summed E-state index contributed by atoms with van der Waals surface area (Å²) in [5.41, 5.74) is 4.58. The fourth-order valence-electron chi connectivity index (χ4n) is 1.65. The van der Waals surface area contributed by atoms with Crippen molar-refractivity contribution in [1.29, 1.82) is 0 Å². The van der Waals surface area contributed by atoms with Crippen LogP contribution in [0.5, 0.6) is 0 Å². The molecule has 6 nitrogen and oxygen atoms in total. The van der Waals surface area contributed by atoms with Gasteiger partial charge in [-0.05, 0) is 18.8 Å². The van der Waals surface area contributed by atoms with Gasteiger partial charge in [0, 0.05) is 13.2 Å². The predicted molar refractivity (Wildman–Crippen MR) is 68.7 cm³/mol. The first-order valence-corrected chi connectivity index (χ1v) is 5.95. The molecule has 4 N–H and O–H groups in total. The number of guanidine groups is 1. The molecule has 17 heavy (non-hydrogen) atoms. The molecular formula is C11H20N6. The summed E-state index contributed by atoms with van der Waals surface area (Å²) in [6, 6.07) is 0.424. The molecule has 0 atom stereocenters. The van der Waals surface area contributed by atoms with E-state index in [1.165, 1.54) is 0 Å². The van der Waals surface area contributed by atoms with Crippen LogP contribution in [0.2, 0.25) is 0 Å². The molecule has 1 aliphatic rings. The number of aryl methyl sites for hydroxylation is 1. The van der Waals surface area contributed by atoms with Gasteiger partial charge in [0.1, 0.15) is 0 Å². The van der Waals surface area contributed by atoms with E-state index in [0.717, 1.165) is 24.2 Å². The van der Waals surface area contributed by atoms with Crippen LogP contribution in [-0.4, -0.2) is 21.8 Å². The molecule has 1 heterocycles. The van der Waals surface area contributed by atoms with Crippen LogP contribution in [0.1, 0.15) is 38.3 Å². The quantitative estimate of drug-likeness (QED) is 0.316. The fourth-order valence-corrected chi connectivity index (χ4v) is 1.65. The average Bonchev–Trinajstić information content (AvgIpc) is 3.00. The monoisotopic (exact) mass is 236 g/mol. The fraction of sp³-hybridized carbons (Fsp3) is 0.636. The largest absolute Gasteiger partial charge is 0.322 e. The lowest BCUT2D eigenvalue weighted by molar-refractivity contribution is 0.713. The van der Waals surface area contributed by atoms with E-state index in [9.17, 15) is 0 Å². The van der Waals surface area contributed by atoms with E-state index in [-0.39, 0.29) is 0 Å².